The van der Waals surface area contributed by atoms with Crippen LogP contribution in [0.1, 0.15) is 37.4 Å². The fourth-order valence-corrected chi connectivity index (χ4v) is 5.65. The van der Waals surface area contributed by atoms with E-state index < -0.39 is 0 Å². The van der Waals surface area contributed by atoms with Crippen molar-refractivity contribution in [2.24, 2.45) is 0 Å². The number of thioether (sulfide) groups is 2. The second-order valence-electron chi connectivity index (χ2n) is 5.34. The fourth-order valence-electron chi connectivity index (χ4n) is 2.71. The molecule has 20 heavy (non-hydrogen) atoms. The molecule has 0 aromatic heterocycles. The molecule has 3 atom stereocenters. The lowest BCUT2D eigenvalue weighted by atomic mass is 9.96. The Morgan fingerprint density at radius 1 is 1.35 bits per heavy atom. The predicted octanol–water partition coefficient (Wildman–Crippen LogP) is 4.41. The largest absolute Gasteiger partial charge is 0.309 e. The van der Waals surface area contributed by atoms with Crippen molar-refractivity contribution >= 4 is 23.5 Å². The summed E-state index contributed by atoms with van der Waals surface area (Å²) in [6.45, 7) is 7.54. The number of benzene rings is 1. The Kier molecular flexibility index (Phi) is 6.24. The molecular weight excluding hydrogens is 289 g/mol. The number of nitrogens with one attached hydrogen (secondary N) is 1. The highest BCUT2D eigenvalue weighted by Gasteiger charge is 2.31. The van der Waals surface area contributed by atoms with Gasteiger partial charge in [-0.3, -0.25) is 0 Å². The van der Waals surface area contributed by atoms with E-state index in [4.69, 9.17) is 0 Å². The normalized spacial score (nSPS) is 24.6. The van der Waals surface area contributed by atoms with Gasteiger partial charge in [-0.15, -0.1) is 0 Å². The number of hydrogen-bond donors (Lipinski definition) is 1. The molecule has 1 nitrogen and oxygen atoms in total. The smallest absolute Gasteiger partial charge is 0.123 e. The van der Waals surface area contributed by atoms with Crippen LogP contribution < -0.4 is 5.32 Å². The molecule has 1 aliphatic rings. The van der Waals surface area contributed by atoms with Crippen LogP contribution in [0, 0.1) is 12.7 Å². The van der Waals surface area contributed by atoms with Crippen LogP contribution in [0.15, 0.2) is 18.2 Å². The Bertz CT molecular complexity index is 438. The van der Waals surface area contributed by atoms with Gasteiger partial charge in [-0.25, -0.2) is 4.39 Å². The van der Waals surface area contributed by atoms with Gasteiger partial charge in [-0.05, 0) is 43.1 Å². The molecule has 0 aliphatic carbocycles. The maximum absolute atomic E-state index is 13.4. The molecule has 1 fully saturated rings. The van der Waals surface area contributed by atoms with Crippen molar-refractivity contribution in [1.82, 2.24) is 5.32 Å². The maximum Gasteiger partial charge on any atom is 0.123 e. The molecule has 112 valence electrons. The zero-order valence-corrected chi connectivity index (χ0v) is 14.1. The Morgan fingerprint density at radius 2 is 2.10 bits per heavy atom. The van der Waals surface area contributed by atoms with E-state index in [0.717, 1.165) is 18.5 Å². The monoisotopic (exact) mass is 313 g/mol. The van der Waals surface area contributed by atoms with Crippen molar-refractivity contribution in [2.45, 2.75) is 43.7 Å². The van der Waals surface area contributed by atoms with Crippen molar-refractivity contribution < 1.29 is 4.39 Å². The van der Waals surface area contributed by atoms with Gasteiger partial charge < -0.3 is 5.32 Å². The lowest BCUT2D eigenvalue weighted by Crippen LogP contribution is -2.38. The summed E-state index contributed by atoms with van der Waals surface area (Å²) in [4.78, 5) is 0. The minimum absolute atomic E-state index is 0.140. The average Bonchev–Trinajstić information content (AvgIpc) is 2.42. The molecular formula is C16H24FNS2. The molecule has 2 rings (SSSR count). The third-order valence-electron chi connectivity index (χ3n) is 3.75. The third kappa shape index (κ3) is 3.92. The third-order valence-corrected chi connectivity index (χ3v) is 6.94. The Balaban J connectivity index is 2.25. The van der Waals surface area contributed by atoms with Gasteiger partial charge in [-0.1, -0.05) is 19.9 Å². The molecule has 3 unspecified atom stereocenters. The Hall–Kier alpha value is -0.190. The van der Waals surface area contributed by atoms with Gasteiger partial charge in [0.15, 0.2) is 0 Å². The fraction of sp³-hybridized carbons (Fsp3) is 0.625. The first-order valence-electron chi connectivity index (χ1n) is 7.36. The minimum Gasteiger partial charge on any atom is -0.309 e. The first-order valence-corrected chi connectivity index (χ1v) is 9.46. The van der Waals surface area contributed by atoms with Crippen LogP contribution in [0.4, 0.5) is 4.39 Å². The van der Waals surface area contributed by atoms with Crippen LogP contribution >= 0.6 is 23.5 Å². The topological polar surface area (TPSA) is 12.0 Å². The summed E-state index contributed by atoms with van der Waals surface area (Å²) >= 11 is 4.12. The van der Waals surface area contributed by atoms with E-state index >= 15 is 0 Å². The van der Waals surface area contributed by atoms with E-state index in [0.29, 0.717) is 16.5 Å². The molecule has 1 aliphatic heterocycles. The predicted molar refractivity (Wildman–Crippen MR) is 90.3 cm³/mol. The highest BCUT2D eigenvalue weighted by molar-refractivity contribution is 8.07. The summed E-state index contributed by atoms with van der Waals surface area (Å²) in [5.74, 6) is 2.31. The number of aryl methyl sites for hydroxylation is 1. The zero-order chi connectivity index (χ0) is 14.5. The van der Waals surface area contributed by atoms with Crippen molar-refractivity contribution in [3.8, 4) is 0 Å². The van der Waals surface area contributed by atoms with Crippen LogP contribution in [0.3, 0.4) is 0 Å². The molecule has 1 saturated heterocycles. The summed E-state index contributed by atoms with van der Waals surface area (Å²) in [6, 6.07) is 5.53. The highest BCUT2D eigenvalue weighted by Crippen LogP contribution is 2.39. The molecule has 0 spiro atoms. The number of rotatable bonds is 5. The molecule has 4 heteroatoms. The molecule has 0 saturated carbocycles. The lowest BCUT2D eigenvalue weighted by Gasteiger charge is -2.36. The maximum atomic E-state index is 13.4. The van der Waals surface area contributed by atoms with Crippen molar-refractivity contribution in [3.05, 3.63) is 35.1 Å². The van der Waals surface area contributed by atoms with E-state index in [9.17, 15) is 4.39 Å². The summed E-state index contributed by atoms with van der Waals surface area (Å²) in [5, 5.41) is 4.88. The van der Waals surface area contributed by atoms with E-state index in [1.807, 2.05) is 13.0 Å². The number of halogens is 1. The quantitative estimate of drug-likeness (QED) is 0.864. The summed E-state index contributed by atoms with van der Waals surface area (Å²) in [5.41, 5.74) is 2.31. The van der Waals surface area contributed by atoms with Crippen LogP contribution in [0.25, 0.3) is 0 Å². The second-order valence-corrected chi connectivity index (χ2v) is 8.12. The van der Waals surface area contributed by atoms with Crippen molar-refractivity contribution in [3.63, 3.8) is 0 Å². The van der Waals surface area contributed by atoms with Gasteiger partial charge in [0, 0.05) is 28.0 Å². The standard InChI is InChI=1S/C16H24FNS2/c1-4-7-18-15(16-12(3)19-8-9-20-16)14-6-5-13(17)10-11(14)2/h5-6,10,12,15-16,18H,4,7-9H2,1-3H3. The van der Waals surface area contributed by atoms with Gasteiger partial charge in [0.25, 0.3) is 0 Å². The van der Waals surface area contributed by atoms with Crippen LogP contribution in [0.5, 0.6) is 0 Å². The zero-order valence-electron chi connectivity index (χ0n) is 12.5. The lowest BCUT2D eigenvalue weighted by molar-refractivity contribution is 0.505. The van der Waals surface area contributed by atoms with E-state index in [1.54, 1.807) is 12.1 Å². The summed E-state index contributed by atoms with van der Waals surface area (Å²) in [6.07, 6.45) is 1.12. The Labute approximate surface area is 130 Å². The molecule has 1 N–H and O–H groups in total. The van der Waals surface area contributed by atoms with E-state index in [1.165, 1.54) is 17.1 Å². The van der Waals surface area contributed by atoms with Gasteiger partial charge in [0.1, 0.15) is 5.82 Å². The van der Waals surface area contributed by atoms with Crippen LogP contribution in [-0.4, -0.2) is 28.6 Å². The molecule has 1 aromatic rings. The first-order chi connectivity index (χ1) is 9.63. The average molecular weight is 314 g/mol. The molecule has 1 heterocycles. The molecule has 0 amide bonds. The van der Waals surface area contributed by atoms with Gasteiger partial charge in [0.05, 0.1) is 0 Å². The number of hydrogen-bond acceptors (Lipinski definition) is 3. The first kappa shape index (κ1) is 16.2. The van der Waals surface area contributed by atoms with Crippen LogP contribution in [-0.2, 0) is 0 Å². The SMILES string of the molecule is CCCNC(c1ccc(F)cc1C)C1SCCSC1C. The summed E-state index contributed by atoms with van der Waals surface area (Å²) < 4.78 is 13.4. The molecule has 0 radical (unpaired) electrons. The Morgan fingerprint density at radius 3 is 2.75 bits per heavy atom. The van der Waals surface area contributed by atoms with E-state index in [2.05, 4.69) is 42.7 Å². The molecule has 0 bridgehead atoms. The van der Waals surface area contributed by atoms with Gasteiger partial charge in [-0.2, -0.15) is 23.5 Å². The second kappa shape index (κ2) is 7.71. The minimum atomic E-state index is -0.140. The summed E-state index contributed by atoms with van der Waals surface area (Å²) in [7, 11) is 0. The highest BCUT2D eigenvalue weighted by atomic mass is 32.2. The van der Waals surface area contributed by atoms with E-state index in [-0.39, 0.29) is 5.82 Å². The van der Waals surface area contributed by atoms with Crippen molar-refractivity contribution in [1.29, 1.82) is 0 Å². The molecule has 1 aromatic carbocycles. The van der Waals surface area contributed by atoms with Gasteiger partial charge in [0.2, 0.25) is 0 Å². The van der Waals surface area contributed by atoms with Gasteiger partial charge >= 0.3 is 0 Å². The van der Waals surface area contributed by atoms with Crippen molar-refractivity contribution in [2.75, 3.05) is 18.1 Å². The van der Waals surface area contributed by atoms with Crippen LogP contribution in [0.2, 0.25) is 0 Å².